The predicted molar refractivity (Wildman–Crippen MR) is 85.0 cm³/mol. The number of ether oxygens (including phenoxy) is 2. The van der Waals surface area contributed by atoms with E-state index in [0.717, 1.165) is 38.4 Å². The molecule has 3 heteroatoms. The molecular weight excluding hydrogens is 262 g/mol. The number of benzene rings is 1. The van der Waals surface area contributed by atoms with Gasteiger partial charge in [-0.1, -0.05) is 6.07 Å². The van der Waals surface area contributed by atoms with Gasteiger partial charge in [-0.2, -0.15) is 0 Å². The van der Waals surface area contributed by atoms with Crippen LogP contribution in [0, 0.1) is 0 Å². The molecule has 0 bridgehead atoms. The molecule has 1 aromatic rings. The summed E-state index contributed by atoms with van der Waals surface area (Å²) < 4.78 is 11.7. The van der Waals surface area contributed by atoms with Crippen molar-refractivity contribution in [3.05, 3.63) is 29.3 Å². The molecule has 1 aliphatic heterocycles. The average molecular weight is 289 g/mol. The quantitative estimate of drug-likeness (QED) is 0.778. The summed E-state index contributed by atoms with van der Waals surface area (Å²) in [6.07, 6.45) is 5.54. The highest BCUT2D eigenvalue weighted by Gasteiger charge is 2.21. The van der Waals surface area contributed by atoms with Crippen LogP contribution in [-0.4, -0.2) is 43.3 Å². The minimum atomic E-state index is 0.353. The Morgan fingerprint density at radius 1 is 1.14 bits per heavy atom. The molecule has 3 rings (SSSR count). The van der Waals surface area contributed by atoms with Crippen LogP contribution in [0.4, 0.5) is 0 Å². The van der Waals surface area contributed by atoms with E-state index in [1.165, 1.54) is 30.4 Å². The van der Waals surface area contributed by atoms with Crippen LogP contribution in [0.25, 0.3) is 0 Å². The molecule has 0 amide bonds. The minimum absolute atomic E-state index is 0.353. The Morgan fingerprint density at radius 3 is 2.71 bits per heavy atom. The highest BCUT2D eigenvalue weighted by atomic mass is 16.5. The van der Waals surface area contributed by atoms with Gasteiger partial charge in [0.1, 0.15) is 5.75 Å². The number of hydrogen-bond donors (Lipinski definition) is 0. The van der Waals surface area contributed by atoms with E-state index in [9.17, 15) is 0 Å². The van der Waals surface area contributed by atoms with E-state index in [4.69, 9.17) is 9.47 Å². The maximum absolute atomic E-state index is 5.92. The van der Waals surface area contributed by atoms with Crippen LogP contribution in [0.5, 0.6) is 5.75 Å². The Balaban J connectivity index is 1.40. The number of aryl methyl sites for hydroxylation is 2. The van der Waals surface area contributed by atoms with Crippen molar-refractivity contribution in [2.24, 2.45) is 0 Å². The van der Waals surface area contributed by atoms with Crippen molar-refractivity contribution >= 4 is 0 Å². The molecule has 0 N–H and O–H groups in total. The largest absolute Gasteiger partial charge is 0.494 e. The fraction of sp³-hybridized carbons (Fsp3) is 0.667. The van der Waals surface area contributed by atoms with Crippen molar-refractivity contribution in [3.63, 3.8) is 0 Å². The highest BCUT2D eigenvalue weighted by molar-refractivity contribution is 5.38. The van der Waals surface area contributed by atoms with Gasteiger partial charge in [0.05, 0.1) is 18.8 Å². The zero-order valence-electron chi connectivity index (χ0n) is 13.3. The van der Waals surface area contributed by atoms with Gasteiger partial charge in [-0.15, -0.1) is 0 Å². The summed E-state index contributed by atoms with van der Waals surface area (Å²) in [5, 5.41) is 0. The van der Waals surface area contributed by atoms with Crippen LogP contribution in [-0.2, 0) is 17.6 Å². The normalized spacial score (nSPS) is 25.8. The summed E-state index contributed by atoms with van der Waals surface area (Å²) in [6, 6.07) is 6.60. The Bertz CT molecular complexity index is 464. The lowest BCUT2D eigenvalue weighted by molar-refractivity contribution is -0.0686. The molecule has 1 aromatic carbocycles. The minimum Gasteiger partial charge on any atom is -0.494 e. The highest BCUT2D eigenvalue weighted by Crippen LogP contribution is 2.26. The molecule has 116 valence electrons. The third kappa shape index (κ3) is 3.98. The second kappa shape index (κ2) is 6.80. The monoisotopic (exact) mass is 289 g/mol. The van der Waals surface area contributed by atoms with Gasteiger partial charge in [-0.25, -0.2) is 0 Å². The van der Waals surface area contributed by atoms with Crippen LogP contribution >= 0.6 is 0 Å². The molecule has 1 fully saturated rings. The standard InChI is InChI=1S/C18H27NO2/c1-14-12-19(13-15(2)21-14)9-4-10-20-18-8-7-16-5-3-6-17(16)11-18/h7-8,11,14-15H,3-6,9-10,12-13H2,1-2H3/t14-,15-/m1/s1. The zero-order chi connectivity index (χ0) is 14.7. The van der Waals surface area contributed by atoms with Crippen molar-refractivity contribution in [2.75, 3.05) is 26.2 Å². The molecular formula is C18H27NO2. The van der Waals surface area contributed by atoms with Crippen molar-refractivity contribution in [3.8, 4) is 5.75 Å². The summed E-state index contributed by atoms with van der Waals surface area (Å²) in [7, 11) is 0. The number of hydrogen-bond acceptors (Lipinski definition) is 3. The molecule has 2 atom stereocenters. The molecule has 21 heavy (non-hydrogen) atoms. The maximum atomic E-state index is 5.92. The van der Waals surface area contributed by atoms with Crippen molar-refractivity contribution < 1.29 is 9.47 Å². The van der Waals surface area contributed by atoms with E-state index in [1.54, 1.807) is 0 Å². The summed E-state index contributed by atoms with van der Waals surface area (Å²) >= 11 is 0. The van der Waals surface area contributed by atoms with E-state index < -0.39 is 0 Å². The molecule has 0 unspecified atom stereocenters. The molecule has 1 heterocycles. The molecule has 0 spiro atoms. The molecule has 0 saturated carbocycles. The van der Waals surface area contributed by atoms with Gasteiger partial charge in [0, 0.05) is 19.6 Å². The molecule has 0 radical (unpaired) electrons. The first-order chi connectivity index (χ1) is 10.2. The second-order valence-corrected chi connectivity index (χ2v) is 6.50. The second-order valence-electron chi connectivity index (χ2n) is 6.50. The first-order valence-corrected chi connectivity index (χ1v) is 8.33. The summed E-state index contributed by atoms with van der Waals surface area (Å²) in [5.74, 6) is 1.04. The van der Waals surface area contributed by atoms with Gasteiger partial charge in [-0.3, -0.25) is 4.90 Å². The fourth-order valence-corrected chi connectivity index (χ4v) is 3.58. The summed E-state index contributed by atoms with van der Waals surface area (Å²) in [5.41, 5.74) is 3.00. The van der Waals surface area contributed by atoms with Crippen LogP contribution in [0.3, 0.4) is 0 Å². The smallest absolute Gasteiger partial charge is 0.119 e. The number of fused-ring (bicyclic) bond motifs is 1. The zero-order valence-corrected chi connectivity index (χ0v) is 13.3. The Morgan fingerprint density at radius 2 is 1.90 bits per heavy atom. The lowest BCUT2D eigenvalue weighted by atomic mass is 10.1. The number of morpholine rings is 1. The van der Waals surface area contributed by atoms with Crippen molar-refractivity contribution in [1.82, 2.24) is 4.90 Å². The van der Waals surface area contributed by atoms with Crippen LogP contribution in [0.1, 0.15) is 37.8 Å². The molecule has 1 aliphatic carbocycles. The molecule has 1 saturated heterocycles. The summed E-state index contributed by atoms with van der Waals surface area (Å²) in [4.78, 5) is 2.49. The van der Waals surface area contributed by atoms with Crippen LogP contribution in [0.2, 0.25) is 0 Å². The van der Waals surface area contributed by atoms with E-state index in [-0.39, 0.29) is 0 Å². The first kappa shape index (κ1) is 14.9. The summed E-state index contributed by atoms with van der Waals surface area (Å²) in [6.45, 7) is 8.31. The predicted octanol–water partition coefficient (Wildman–Crippen LogP) is 3.05. The van der Waals surface area contributed by atoms with E-state index in [1.807, 2.05) is 0 Å². The van der Waals surface area contributed by atoms with Crippen LogP contribution < -0.4 is 4.74 Å². The van der Waals surface area contributed by atoms with Gasteiger partial charge in [0.2, 0.25) is 0 Å². The Hall–Kier alpha value is -1.06. The van der Waals surface area contributed by atoms with Gasteiger partial charge in [0.25, 0.3) is 0 Å². The average Bonchev–Trinajstić information content (AvgIpc) is 2.90. The Kier molecular flexibility index (Phi) is 4.81. The van der Waals surface area contributed by atoms with E-state index in [0.29, 0.717) is 12.2 Å². The molecule has 0 aromatic heterocycles. The van der Waals surface area contributed by atoms with Gasteiger partial charge < -0.3 is 9.47 Å². The van der Waals surface area contributed by atoms with E-state index in [2.05, 4.69) is 36.9 Å². The lowest BCUT2D eigenvalue weighted by Gasteiger charge is -2.35. The van der Waals surface area contributed by atoms with Crippen molar-refractivity contribution in [1.29, 1.82) is 0 Å². The van der Waals surface area contributed by atoms with E-state index >= 15 is 0 Å². The Labute approximate surface area is 128 Å². The fourth-order valence-electron chi connectivity index (χ4n) is 3.58. The third-order valence-electron chi connectivity index (χ3n) is 4.45. The molecule has 3 nitrogen and oxygen atoms in total. The van der Waals surface area contributed by atoms with Gasteiger partial charge in [-0.05, 0) is 62.8 Å². The molecule has 2 aliphatic rings. The van der Waals surface area contributed by atoms with Gasteiger partial charge in [0.15, 0.2) is 0 Å². The number of nitrogens with zero attached hydrogens (tertiary/aromatic N) is 1. The van der Waals surface area contributed by atoms with Crippen molar-refractivity contribution in [2.45, 2.75) is 51.7 Å². The third-order valence-corrected chi connectivity index (χ3v) is 4.45. The number of rotatable bonds is 5. The van der Waals surface area contributed by atoms with Crippen LogP contribution in [0.15, 0.2) is 18.2 Å². The van der Waals surface area contributed by atoms with Gasteiger partial charge >= 0.3 is 0 Å². The topological polar surface area (TPSA) is 21.7 Å². The SMILES string of the molecule is C[C@@H]1CN(CCCOc2ccc3c(c2)CCC3)C[C@@H](C)O1. The maximum Gasteiger partial charge on any atom is 0.119 e. The lowest BCUT2D eigenvalue weighted by Crippen LogP contribution is -2.45. The first-order valence-electron chi connectivity index (χ1n) is 8.33.